The lowest BCUT2D eigenvalue weighted by Gasteiger charge is -2.12. The number of rotatable bonds is 9. The van der Waals surface area contributed by atoms with Gasteiger partial charge in [-0.05, 0) is 75.6 Å². The van der Waals surface area contributed by atoms with Crippen LogP contribution in [0.3, 0.4) is 0 Å². The van der Waals surface area contributed by atoms with Crippen molar-refractivity contribution >= 4 is 17.2 Å². The SMILES string of the molecule is C1=CCCC(C2=NC(c3cccc(-c4cccc(-c5cccc(-c6nc(-c7ccccc7)nc(-c7ccc(-c8ccccc8)cc7)n6)c5)c4)c3)=NC(c3ccccc3)=CC2)=C1. The summed E-state index contributed by atoms with van der Waals surface area (Å²) < 4.78 is 0. The molecule has 0 N–H and O–H groups in total. The van der Waals surface area contributed by atoms with Gasteiger partial charge in [-0.2, -0.15) is 0 Å². The summed E-state index contributed by atoms with van der Waals surface area (Å²) in [5.74, 6) is 2.61. The van der Waals surface area contributed by atoms with E-state index in [4.69, 9.17) is 24.9 Å². The maximum absolute atomic E-state index is 5.25. The van der Waals surface area contributed by atoms with Crippen LogP contribution in [0.1, 0.15) is 30.4 Å². The average molecular weight is 784 g/mol. The molecular formula is C56H41N5. The molecule has 0 unspecified atom stereocenters. The van der Waals surface area contributed by atoms with Crippen molar-refractivity contribution in [1.29, 1.82) is 0 Å². The molecule has 1 aromatic heterocycles. The minimum absolute atomic E-state index is 0.620. The molecule has 0 saturated heterocycles. The van der Waals surface area contributed by atoms with Crippen LogP contribution in [-0.2, 0) is 0 Å². The number of nitrogens with zero attached hydrogens (tertiary/aromatic N) is 5. The van der Waals surface area contributed by atoms with E-state index in [-0.39, 0.29) is 0 Å². The largest absolute Gasteiger partial charge is 0.233 e. The first-order chi connectivity index (χ1) is 30.2. The first-order valence-corrected chi connectivity index (χ1v) is 20.8. The van der Waals surface area contributed by atoms with E-state index in [1.54, 1.807) is 0 Å². The summed E-state index contributed by atoms with van der Waals surface area (Å²) in [6.45, 7) is 0. The molecule has 2 aliphatic rings. The Bertz CT molecular complexity index is 3010. The summed E-state index contributed by atoms with van der Waals surface area (Å²) in [5.41, 5.74) is 14.8. The molecule has 61 heavy (non-hydrogen) atoms. The molecule has 1 aliphatic carbocycles. The summed E-state index contributed by atoms with van der Waals surface area (Å²) in [4.78, 5) is 25.5. The van der Waals surface area contributed by atoms with Crippen molar-refractivity contribution in [3.63, 3.8) is 0 Å². The van der Waals surface area contributed by atoms with E-state index in [2.05, 4.69) is 170 Å². The van der Waals surface area contributed by atoms with Gasteiger partial charge in [-0.1, -0.05) is 194 Å². The second kappa shape index (κ2) is 17.1. The number of hydrogen-bond donors (Lipinski definition) is 0. The van der Waals surface area contributed by atoms with Gasteiger partial charge >= 0.3 is 0 Å². The Kier molecular flexibility index (Phi) is 10.5. The zero-order valence-electron chi connectivity index (χ0n) is 33.6. The van der Waals surface area contributed by atoms with Gasteiger partial charge in [-0.15, -0.1) is 0 Å². The van der Waals surface area contributed by atoms with Crippen LogP contribution in [0, 0.1) is 0 Å². The van der Waals surface area contributed by atoms with E-state index in [0.29, 0.717) is 17.5 Å². The second-order valence-corrected chi connectivity index (χ2v) is 15.2. The molecule has 8 aromatic rings. The highest BCUT2D eigenvalue weighted by molar-refractivity contribution is 6.15. The molecule has 0 fully saturated rings. The van der Waals surface area contributed by atoms with Gasteiger partial charge in [0, 0.05) is 34.4 Å². The highest BCUT2D eigenvalue weighted by Gasteiger charge is 2.17. The van der Waals surface area contributed by atoms with Crippen molar-refractivity contribution in [2.75, 3.05) is 0 Å². The number of hydrogen-bond acceptors (Lipinski definition) is 5. The Labute approximate surface area is 356 Å². The molecule has 5 heteroatoms. The highest BCUT2D eigenvalue weighted by Crippen LogP contribution is 2.33. The number of allylic oxidation sites excluding steroid dienone is 5. The van der Waals surface area contributed by atoms with Crippen LogP contribution < -0.4 is 0 Å². The molecule has 0 atom stereocenters. The number of amidine groups is 1. The molecule has 0 amide bonds. The third-order valence-corrected chi connectivity index (χ3v) is 11.1. The third kappa shape index (κ3) is 8.36. The topological polar surface area (TPSA) is 63.4 Å². The smallest absolute Gasteiger partial charge is 0.164 e. The molecule has 10 rings (SSSR count). The van der Waals surface area contributed by atoms with E-state index in [0.717, 1.165) is 92.1 Å². The molecule has 0 radical (unpaired) electrons. The number of benzene rings is 7. The van der Waals surface area contributed by atoms with Gasteiger partial charge in [0.25, 0.3) is 0 Å². The van der Waals surface area contributed by atoms with Crippen LogP contribution in [0.4, 0.5) is 0 Å². The fraction of sp³-hybridized carbons (Fsp3) is 0.0536. The Balaban J connectivity index is 0.989. The van der Waals surface area contributed by atoms with Crippen molar-refractivity contribution in [3.05, 3.63) is 229 Å². The predicted octanol–water partition coefficient (Wildman–Crippen LogP) is 13.8. The number of aromatic nitrogens is 3. The van der Waals surface area contributed by atoms with Gasteiger partial charge in [0.15, 0.2) is 23.3 Å². The molecule has 2 heterocycles. The summed E-state index contributed by atoms with van der Waals surface area (Å²) in [6, 6.07) is 65.1. The molecule has 0 saturated carbocycles. The monoisotopic (exact) mass is 783 g/mol. The van der Waals surface area contributed by atoms with Crippen molar-refractivity contribution in [2.45, 2.75) is 19.3 Å². The Morgan fingerprint density at radius 3 is 1.39 bits per heavy atom. The molecular weight excluding hydrogens is 743 g/mol. The van der Waals surface area contributed by atoms with Gasteiger partial charge in [-0.3, -0.25) is 0 Å². The highest BCUT2D eigenvalue weighted by atomic mass is 15.0. The van der Waals surface area contributed by atoms with Crippen LogP contribution in [0.5, 0.6) is 0 Å². The maximum Gasteiger partial charge on any atom is 0.164 e. The van der Waals surface area contributed by atoms with Crippen molar-refractivity contribution in [1.82, 2.24) is 15.0 Å². The lowest BCUT2D eigenvalue weighted by Crippen LogP contribution is -2.07. The van der Waals surface area contributed by atoms with E-state index in [1.165, 1.54) is 11.1 Å². The van der Waals surface area contributed by atoms with Crippen molar-refractivity contribution < 1.29 is 0 Å². The lowest BCUT2D eigenvalue weighted by atomic mass is 9.96. The molecule has 0 bridgehead atoms. The summed E-state index contributed by atoms with van der Waals surface area (Å²) in [7, 11) is 0. The maximum atomic E-state index is 5.25. The molecule has 1 aliphatic heterocycles. The predicted molar refractivity (Wildman–Crippen MR) is 252 cm³/mol. The van der Waals surface area contributed by atoms with Crippen LogP contribution in [0.25, 0.3) is 73.2 Å². The third-order valence-electron chi connectivity index (χ3n) is 11.1. The first kappa shape index (κ1) is 37.4. The quantitative estimate of drug-likeness (QED) is 0.146. The lowest BCUT2D eigenvalue weighted by molar-refractivity contribution is 0.998. The van der Waals surface area contributed by atoms with Crippen LogP contribution in [-0.4, -0.2) is 26.5 Å². The fourth-order valence-corrected chi connectivity index (χ4v) is 7.86. The van der Waals surface area contributed by atoms with E-state index in [1.807, 2.05) is 42.5 Å². The summed E-state index contributed by atoms with van der Waals surface area (Å²) >= 11 is 0. The summed E-state index contributed by atoms with van der Waals surface area (Å²) in [6.07, 6.45) is 11.5. The van der Waals surface area contributed by atoms with Gasteiger partial charge in [-0.25, -0.2) is 24.9 Å². The first-order valence-electron chi connectivity index (χ1n) is 20.8. The number of aliphatic imine (C=N–C) groups is 2. The zero-order valence-corrected chi connectivity index (χ0v) is 33.6. The summed E-state index contributed by atoms with van der Waals surface area (Å²) in [5, 5.41) is 0. The Morgan fingerprint density at radius 1 is 0.361 bits per heavy atom. The van der Waals surface area contributed by atoms with Gasteiger partial charge < -0.3 is 0 Å². The molecule has 7 aromatic carbocycles. The van der Waals surface area contributed by atoms with Gasteiger partial charge in [0.1, 0.15) is 0 Å². The van der Waals surface area contributed by atoms with E-state index < -0.39 is 0 Å². The van der Waals surface area contributed by atoms with Crippen LogP contribution in [0.2, 0.25) is 0 Å². The molecule has 5 nitrogen and oxygen atoms in total. The van der Waals surface area contributed by atoms with Gasteiger partial charge in [0.05, 0.1) is 5.70 Å². The molecule has 290 valence electrons. The minimum Gasteiger partial charge on any atom is -0.233 e. The van der Waals surface area contributed by atoms with Crippen LogP contribution >= 0.6 is 0 Å². The normalized spacial score (nSPS) is 13.7. The Hall–Kier alpha value is -7.89. The minimum atomic E-state index is 0.620. The van der Waals surface area contributed by atoms with E-state index >= 15 is 0 Å². The second-order valence-electron chi connectivity index (χ2n) is 15.2. The zero-order chi connectivity index (χ0) is 40.8. The van der Waals surface area contributed by atoms with Crippen molar-refractivity contribution in [3.8, 4) is 67.5 Å². The van der Waals surface area contributed by atoms with E-state index in [9.17, 15) is 0 Å². The fourth-order valence-electron chi connectivity index (χ4n) is 7.86. The Morgan fingerprint density at radius 2 is 0.803 bits per heavy atom. The van der Waals surface area contributed by atoms with Crippen LogP contribution in [0.15, 0.2) is 228 Å². The average Bonchev–Trinajstić information content (AvgIpc) is 3.59. The van der Waals surface area contributed by atoms with Crippen molar-refractivity contribution in [2.24, 2.45) is 9.98 Å². The molecule has 0 spiro atoms. The standard InChI is InChI=1S/C56H41N5/c1-5-16-39(17-6-1)40-30-32-44(33-31-40)54-59-53(43-22-11-4-12-23-43)60-56(61-54)50-29-15-27-48(38-50)46-25-13-24-45(36-46)47-26-14-28-49(37-47)55-57-51(41-18-7-2-8-19-41)34-35-52(58-55)42-20-9-3-10-21-42/h1-9,11-20,22-34,36-38H,10,21,35H2. The van der Waals surface area contributed by atoms with Gasteiger partial charge in [0.2, 0.25) is 0 Å².